The van der Waals surface area contributed by atoms with Gasteiger partial charge in [-0.15, -0.1) is 0 Å². The molecule has 1 rings (SSSR count). The third-order valence-corrected chi connectivity index (χ3v) is 2.66. The molecule has 0 radical (unpaired) electrons. The highest BCUT2D eigenvalue weighted by molar-refractivity contribution is 6.30. The van der Waals surface area contributed by atoms with E-state index in [9.17, 15) is 0 Å². The molecule has 0 aromatic heterocycles. The lowest BCUT2D eigenvalue weighted by Crippen LogP contribution is -2.18. The number of rotatable bonds is 7. The number of hydrogen-bond acceptors (Lipinski definition) is 2. The number of hydrogen-bond donors (Lipinski definition) is 1. The van der Waals surface area contributed by atoms with Gasteiger partial charge >= 0.3 is 0 Å². The van der Waals surface area contributed by atoms with Crippen molar-refractivity contribution >= 4 is 11.6 Å². The Hall–Kier alpha value is -0.570. The van der Waals surface area contributed by atoms with Crippen LogP contribution in [-0.4, -0.2) is 32.1 Å². The van der Waals surface area contributed by atoms with Crippen LogP contribution in [0.1, 0.15) is 18.4 Å². The van der Waals surface area contributed by atoms with Gasteiger partial charge in [-0.1, -0.05) is 23.7 Å². The first-order valence-corrected chi connectivity index (χ1v) is 6.16. The number of halogens is 1. The highest BCUT2D eigenvalue weighted by atomic mass is 35.5. The highest BCUT2D eigenvalue weighted by Gasteiger charge is 1.94. The molecule has 0 aliphatic carbocycles. The van der Waals surface area contributed by atoms with Crippen molar-refractivity contribution in [2.24, 2.45) is 0 Å². The Labute approximate surface area is 104 Å². The molecule has 3 heteroatoms. The van der Waals surface area contributed by atoms with Gasteiger partial charge in [0.15, 0.2) is 0 Å². The molecule has 0 saturated carbocycles. The summed E-state index contributed by atoms with van der Waals surface area (Å²) in [4.78, 5) is 2.22. The van der Waals surface area contributed by atoms with Crippen molar-refractivity contribution in [2.75, 3.05) is 27.2 Å². The number of unbranched alkanes of at least 4 members (excludes halogenated alkanes) is 1. The smallest absolute Gasteiger partial charge is 0.0409 e. The summed E-state index contributed by atoms with van der Waals surface area (Å²) in [6.45, 7) is 3.14. The van der Waals surface area contributed by atoms with Crippen molar-refractivity contribution in [3.63, 3.8) is 0 Å². The lowest BCUT2D eigenvalue weighted by molar-refractivity contribution is 0.391. The van der Waals surface area contributed by atoms with Crippen LogP contribution in [-0.2, 0) is 6.54 Å². The summed E-state index contributed by atoms with van der Waals surface area (Å²) in [7, 11) is 4.22. The monoisotopic (exact) mass is 240 g/mol. The van der Waals surface area contributed by atoms with Gasteiger partial charge in [0, 0.05) is 11.6 Å². The van der Waals surface area contributed by atoms with Gasteiger partial charge in [-0.25, -0.2) is 0 Å². The minimum absolute atomic E-state index is 0.812. The van der Waals surface area contributed by atoms with Crippen LogP contribution in [0, 0.1) is 0 Å². The fourth-order valence-electron chi connectivity index (χ4n) is 1.56. The number of nitrogens with one attached hydrogen (secondary N) is 1. The van der Waals surface area contributed by atoms with Gasteiger partial charge in [0.05, 0.1) is 0 Å². The molecule has 0 heterocycles. The fourth-order valence-corrected chi connectivity index (χ4v) is 1.77. The van der Waals surface area contributed by atoms with E-state index >= 15 is 0 Å². The second-order valence-corrected chi connectivity index (χ2v) is 4.75. The van der Waals surface area contributed by atoms with E-state index in [-0.39, 0.29) is 0 Å². The van der Waals surface area contributed by atoms with Crippen LogP contribution in [0.15, 0.2) is 24.3 Å². The Bertz CT molecular complexity index is 300. The van der Waals surface area contributed by atoms with E-state index in [0.29, 0.717) is 0 Å². The molecular weight excluding hydrogens is 220 g/mol. The molecule has 2 nitrogen and oxygen atoms in total. The zero-order chi connectivity index (χ0) is 11.8. The van der Waals surface area contributed by atoms with Gasteiger partial charge in [0.1, 0.15) is 0 Å². The average Bonchev–Trinajstić information content (AvgIpc) is 2.23. The van der Waals surface area contributed by atoms with Gasteiger partial charge in [0.25, 0.3) is 0 Å². The third-order valence-electron chi connectivity index (χ3n) is 2.43. The Balaban J connectivity index is 2.07. The van der Waals surface area contributed by atoms with E-state index in [2.05, 4.69) is 30.4 Å². The molecule has 0 saturated heterocycles. The van der Waals surface area contributed by atoms with Crippen molar-refractivity contribution in [1.82, 2.24) is 10.2 Å². The van der Waals surface area contributed by atoms with Gasteiger partial charge in [-0.3, -0.25) is 0 Å². The molecule has 0 aliphatic heterocycles. The number of benzene rings is 1. The van der Waals surface area contributed by atoms with Crippen molar-refractivity contribution < 1.29 is 0 Å². The van der Waals surface area contributed by atoms with E-state index in [1.165, 1.54) is 24.9 Å². The second kappa shape index (κ2) is 7.66. The first-order valence-electron chi connectivity index (χ1n) is 5.78. The molecule has 0 bridgehead atoms. The third kappa shape index (κ3) is 6.11. The maximum absolute atomic E-state index is 5.91. The van der Waals surface area contributed by atoms with Crippen molar-refractivity contribution in [1.29, 1.82) is 0 Å². The minimum atomic E-state index is 0.812. The van der Waals surface area contributed by atoms with E-state index < -0.39 is 0 Å². The molecule has 1 aromatic rings. The maximum Gasteiger partial charge on any atom is 0.0409 e. The first-order chi connectivity index (χ1) is 7.68. The highest BCUT2D eigenvalue weighted by Crippen LogP contribution is 2.10. The summed E-state index contributed by atoms with van der Waals surface area (Å²) < 4.78 is 0. The predicted octanol–water partition coefficient (Wildman–Crippen LogP) is 2.77. The standard InChI is InChI=1S/C13H21ClN2/c1-16(2)9-4-3-8-15-11-12-6-5-7-13(14)10-12/h5-7,10,15H,3-4,8-9,11H2,1-2H3. The predicted molar refractivity (Wildman–Crippen MR) is 70.9 cm³/mol. The van der Waals surface area contributed by atoms with Crippen LogP contribution in [0.25, 0.3) is 0 Å². The summed E-state index contributed by atoms with van der Waals surface area (Å²) in [5.74, 6) is 0. The molecule has 0 spiro atoms. The molecule has 0 amide bonds. The van der Waals surface area contributed by atoms with Crippen LogP contribution in [0.4, 0.5) is 0 Å². The summed E-state index contributed by atoms with van der Waals surface area (Å²) in [5, 5.41) is 4.24. The molecule has 0 fully saturated rings. The fraction of sp³-hybridized carbons (Fsp3) is 0.538. The normalized spacial score (nSPS) is 11.0. The van der Waals surface area contributed by atoms with Crippen molar-refractivity contribution in [2.45, 2.75) is 19.4 Å². The van der Waals surface area contributed by atoms with Crippen molar-refractivity contribution in [3.05, 3.63) is 34.9 Å². The summed E-state index contributed by atoms with van der Waals surface area (Å²) in [6.07, 6.45) is 2.47. The quantitative estimate of drug-likeness (QED) is 0.738. The lowest BCUT2D eigenvalue weighted by Gasteiger charge is -2.09. The summed E-state index contributed by atoms with van der Waals surface area (Å²) >= 11 is 5.91. The van der Waals surface area contributed by atoms with Crippen LogP contribution in [0.3, 0.4) is 0 Å². The summed E-state index contributed by atoms with van der Waals surface area (Å²) in [5.41, 5.74) is 1.25. The average molecular weight is 241 g/mol. The molecule has 16 heavy (non-hydrogen) atoms. The van der Waals surface area contributed by atoms with Crippen LogP contribution < -0.4 is 5.32 Å². The molecular formula is C13H21ClN2. The van der Waals surface area contributed by atoms with E-state index in [0.717, 1.165) is 18.1 Å². The Kier molecular flexibility index (Phi) is 6.46. The molecule has 0 unspecified atom stereocenters. The second-order valence-electron chi connectivity index (χ2n) is 4.32. The van der Waals surface area contributed by atoms with Gasteiger partial charge in [-0.2, -0.15) is 0 Å². The lowest BCUT2D eigenvalue weighted by atomic mass is 10.2. The van der Waals surface area contributed by atoms with Crippen molar-refractivity contribution in [3.8, 4) is 0 Å². The minimum Gasteiger partial charge on any atom is -0.313 e. The molecule has 90 valence electrons. The van der Waals surface area contributed by atoms with E-state index in [1.807, 2.05) is 18.2 Å². The van der Waals surface area contributed by atoms with Crippen LogP contribution in [0.2, 0.25) is 5.02 Å². The zero-order valence-corrected chi connectivity index (χ0v) is 10.9. The van der Waals surface area contributed by atoms with E-state index in [1.54, 1.807) is 0 Å². The number of nitrogens with zero attached hydrogens (tertiary/aromatic N) is 1. The zero-order valence-electron chi connectivity index (χ0n) is 10.2. The molecule has 1 N–H and O–H groups in total. The van der Waals surface area contributed by atoms with E-state index in [4.69, 9.17) is 11.6 Å². The first kappa shape index (κ1) is 13.5. The largest absolute Gasteiger partial charge is 0.313 e. The Morgan fingerprint density at radius 3 is 2.75 bits per heavy atom. The van der Waals surface area contributed by atoms with Crippen LogP contribution >= 0.6 is 11.6 Å². The Morgan fingerprint density at radius 2 is 2.06 bits per heavy atom. The topological polar surface area (TPSA) is 15.3 Å². The Morgan fingerprint density at radius 1 is 1.25 bits per heavy atom. The molecule has 0 atom stereocenters. The van der Waals surface area contributed by atoms with Crippen LogP contribution in [0.5, 0.6) is 0 Å². The molecule has 1 aromatic carbocycles. The maximum atomic E-state index is 5.91. The van der Waals surface area contributed by atoms with Gasteiger partial charge < -0.3 is 10.2 Å². The summed E-state index contributed by atoms with van der Waals surface area (Å²) in [6, 6.07) is 8.00. The van der Waals surface area contributed by atoms with Gasteiger partial charge in [-0.05, 0) is 57.7 Å². The molecule has 0 aliphatic rings. The van der Waals surface area contributed by atoms with Gasteiger partial charge in [0.2, 0.25) is 0 Å². The SMILES string of the molecule is CN(C)CCCCNCc1cccc(Cl)c1.